The third kappa shape index (κ3) is 2.89. The molecular formula is C17H17ClFNO. The maximum absolute atomic E-state index is 14.2. The van der Waals surface area contributed by atoms with Gasteiger partial charge in [0.15, 0.2) is 0 Å². The van der Waals surface area contributed by atoms with E-state index in [0.717, 1.165) is 30.8 Å². The maximum Gasteiger partial charge on any atom is 0.129 e. The molecule has 3 rings (SSSR count). The molecule has 0 aromatic heterocycles. The highest BCUT2D eigenvalue weighted by Gasteiger charge is 2.19. The van der Waals surface area contributed by atoms with Gasteiger partial charge in [-0.05, 0) is 49.2 Å². The highest BCUT2D eigenvalue weighted by Crippen LogP contribution is 2.31. The first-order valence-electron chi connectivity index (χ1n) is 7.07. The van der Waals surface area contributed by atoms with E-state index in [1.165, 1.54) is 11.6 Å². The molecule has 0 saturated carbocycles. The topological polar surface area (TPSA) is 21.3 Å². The van der Waals surface area contributed by atoms with E-state index in [1.54, 1.807) is 12.1 Å². The van der Waals surface area contributed by atoms with Gasteiger partial charge < -0.3 is 10.1 Å². The summed E-state index contributed by atoms with van der Waals surface area (Å²) in [4.78, 5) is 0. The van der Waals surface area contributed by atoms with Crippen molar-refractivity contribution < 1.29 is 9.13 Å². The molecule has 1 heterocycles. The lowest BCUT2D eigenvalue weighted by molar-refractivity contribution is 0.288. The minimum Gasteiger partial charge on any atom is -0.493 e. The SMILES string of the molecule is CNC(c1ccc2c(c1)CCCO2)c1ccc(Cl)cc1F. The number of fused-ring (bicyclic) bond motifs is 1. The van der Waals surface area contributed by atoms with Crippen molar-refractivity contribution in [3.05, 3.63) is 63.9 Å². The minimum absolute atomic E-state index is 0.200. The highest BCUT2D eigenvalue weighted by atomic mass is 35.5. The summed E-state index contributed by atoms with van der Waals surface area (Å²) in [5.74, 6) is 0.646. The Morgan fingerprint density at radius 1 is 1.24 bits per heavy atom. The Morgan fingerprint density at radius 2 is 2.10 bits per heavy atom. The minimum atomic E-state index is -0.296. The molecule has 0 amide bonds. The monoisotopic (exact) mass is 305 g/mol. The largest absolute Gasteiger partial charge is 0.493 e. The van der Waals surface area contributed by atoms with Crippen molar-refractivity contribution in [3.63, 3.8) is 0 Å². The van der Waals surface area contributed by atoms with E-state index in [0.29, 0.717) is 10.6 Å². The maximum atomic E-state index is 14.2. The van der Waals surface area contributed by atoms with Crippen molar-refractivity contribution in [3.8, 4) is 5.75 Å². The Hall–Kier alpha value is -1.58. The molecule has 1 N–H and O–H groups in total. The Balaban J connectivity index is 1.99. The van der Waals surface area contributed by atoms with E-state index >= 15 is 0 Å². The van der Waals surface area contributed by atoms with E-state index < -0.39 is 0 Å². The molecule has 21 heavy (non-hydrogen) atoms. The van der Waals surface area contributed by atoms with Crippen molar-refractivity contribution >= 4 is 11.6 Å². The molecule has 110 valence electrons. The number of aryl methyl sites for hydroxylation is 1. The van der Waals surface area contributed by atoms with Gasteiger partial charge >= 0.3 is 0 Å². The summed E-state index contributed by atoms with van der Waals surface area (Å²) in [5.41, 5.74) is 2.81. The number of benzene rings is 2. The van der Waals surface area contributed by atoms with Crippen LogP contribution in [0.15, 0.2) is 36.4 Å². The zero-order valence-corrected chi connectivity index (χ0v) is 12.6. The molecule has 0 radical (unpaired) electrons. The van der Waals surface area contributed by atoms with Crippen molar-refractivity contribution in [1.82, 2.24) is 5.32 Å². The van der Waals surface area contributed by atoms with Crippen LogP contribution in [-0.2, 0) is 6.42 Å². The summed E-state index contributed by atoms with van der Waals surface area (Å²) in [6, 6.07) is 10.7. The predicted octanol–water partition coefficient (Wildman–Crippen LogP) is 4.11. The average Bonchev–Trinajstić information content (AvgIpc) is 2.50. The van der Waals surface area contributed by atoms with E-state index in [2.05, 4.69) is 11.4 Å². The first-order valence-corrected chi connectivity index (χ1v) is 7.44. The first kappa shape index (κ1) is 14.4. The zero-order chi connectivity index (χ0) is 14.8. The molecule has 1 aliphatic heterocycles. The van der Waals surface area contributed by atoms with Gasteiger partial charge in [-0.15, -0.1) is 0 Å². The molecule has 2 nitrogen and oxygen atoms in total. The van der Waals surface area contributed by atoms with Gasteiger partial charge in [0, 0.05) is 10.6 Å². The van der Waals surface area contributed by atoms with E-state index in [4.69, 9.17) is 16.3 Å². The summed E-state index contributed by atoms with van der Waals surface area (Å²) >= 11 is 5.83. The summed E-state index contributed by atoms with van der Waals surface area (Å²) in [6.07, 6.45) is 2.03. The van der Waals surface area contributed by atoms with Gasteiger partial charge in [0.25, 0.3) is 0 Å². The first-order chi connectivity index (χ1) is 10.2. The van der Waals surface area contributed by atoms with Crippen LogP contribution in [0.1, 0.15) is 29.2 Å². The second kappa shape index (κ2) is 6.04. The Kier molecular flexibility index (Phi) is 4.13. The fourth-order valence-electron chi connectivity index (χ4n) is 2.80. The van der Waals surface area contributed by atoms with Crippen LogP contribution in [0.5, 0.6) is 5.75 Å². The lowest BCUT2D eigenvalue weighted by atomic mass is 9.94. The molecule has 0 aliphatic carbocycles. The summed E-state index contributed by atoms with van der Waals surface area (Å²) in [7, 11) is 1.83. The van der Waals surface area contributed by atoms with Crippen LogP contribution in [0.4, 0.5) is 4.39 Å². The second-order valence-electron chi connectivity index (χ2n) is 5.21. The van der Waals surface area contributed by atoms with Crippen LogP contribution in [-0.4, -0.2) is 13.7 Å². The van der Waals surface area contributed by atoms with Gasteiger partial charge in [0.05, 0.1) is 12.6 Å². The molecule has 2 aromatic rings. The van der Waals surface area contributed by atoms with Crippen LogP contribution >= 0.6 is 11.6 Å². The third-order valence-corrected chi connectivity index (χ3v) is 4.06. The standard InChI is InChI=1S/C17H17ClFNO/c1-20-17(14-6-5-13(18)10-15(14)19)12-4-7-16-11(9-12)3-2-8-21-16/h4-7,9-10,17,20H,2-3,8H2,1H3. The van der Waals surface area contributed by atoms with Crippen molar-refractivity contribution in [2.75, 3.05) is 13.7 Å². The van der Waals surface area contributed by atoms with Crippen molar-refractivity contribution in [2.24, 2.45) is 0 Å². The summed E-state index contributed by atoms with van der Waals surface area (Å²) < 4.78 is 19.8. The fourth-order valence-corrected chi connectivity index (χ4v) is 2.96. The molecule has 1 atom stereocenters. The van der Waals surface area contributed by atoms with Gasteiger partial charge in [-0.3, -0.25) is 0 Å². The van der Waals surface area contributed by atoms with Crippen LogP contribution in [0.25, 0.3) is 0 Å². The number of ether oxygens (including phenoxy) is 1. The smallest absolute Gasteiger partial charge is 0.129 e. The van der Waals surface area contributed by atoms with E-state index in [1.807, 2.05) is 19.2 Å². The van der Waals surface area contributed by atoms with Crippen LogP contribution in [0.2, 0.25) is 5.02 Å². The second-order valence-corrected chi connectivity index (χ2v) is 5.64. The molecule has 0 fully saturated rings. The fraction of sp³-hybridized carbons (Fsp3) is 0.294. The van der Waals surface area contributed by atoms with Gasteiger partial charge in [0.2, 0.25) is 0 Å². The third-order valence-electron chi connectivity index (χ3n) is 3.83. The molecular weight excluding hydrogens is 289 g/mol. The molecule has 4 heteroatoms. The zero-order valence-electron chi connectivity index (χ0n) is 11.8. The molecule has 0 bridgehead atoms. The van der Waals surface area contributed by atoms with E-state index in [-0.39, 0.29) is 11.9 Å². The number of halogens is 2. The van der Waals surface area contributed by atoms with Crippen molar-refractivity contribution in [1.29, 1.82) is 0 Å². The number of hydrogen-bond acceptors (Lipinski definition) is 2. The van der Waals surface area contributed by atoms with E-state index in [9.17, 15) is 4.39 Å². The van der Waals surface area contributed by atoms with Gasteiger partial charge in [-0.1, -0.05) is 29.8 Å². The van der Waals surface area contributed by atoms with Crippen LogP contribution in [0.3, 0.4) is 0 Å². The van der Waals surface area contributed by atoms with Crippen LogP contribution < -0.4 is 10.1 Å². The lowest BCUT2D eigenvalue weighted by Gasteiger charge is -2.22. The summed E-state index contributed by atoms with van der Waals surface area (Å²) in [6.45, 7) is 0.771. The Bertz CT molecular complexity index is 659. The molecule has 1 aliphatic rings. The number of hydrogen-bond donors (Lipinski definition) is 1. The van der Waals surface area contributed by atoms with Gasteiger partial charge in [-0.2, -0.15) is 0 Å². The molecule has 0 saturated heterocycles. The molecule has 0 spiro atoms. The average molecular weight is 306 g/mol. The molecule has 2 aromatic carbocycles. The van der Waals surface area contributed by atoms with Crippen molar-refractivity contribution in [2.45, 2.75) is 18.9 Å². The molecule has 1 unspecified atom stereocenters. The van der Waals surface area contributed by atoms with Gasteiger partial charge in [0.1, 0.15) is 11.6 Å². The highest BCUT2D eigenvalue weighted by molar-refractivity contribution is 6.30. The van der Waals surface area contributed by atoms with Crippen LogP contribution in [0, 0.1) is 5.82 Å². The Morgan fingerprint density at radius 3 is 2.86 bits per heavy atom. The predicted molar refractivity (Wildman–Crippen MR) is 82.6 cm³/mol. The number of nitrogens with one attached hydrogen (secondary N) is 1. The number of rotatable bonds is 3. The lowest BCUT2D eigenvalue weighted by Crippen LogP contribution is -2.19. The quantitative estimate of drug-likeness (QED) is 0.921. The Labute approximate surface area is 128 Å². The van der Waals surface area contributed by atoms with Gasteiger partial charge in [-0.25, -0.2) is 4.39 Å². The summed E-state index contributed by atoms with van der Waals surface area (Å²) in [5, 5.41) is 3.59. The normalized spacial score (nSPS) is 15.2.